The monoisotopic (exact) mass is 464 g/mol. The van der Waals surface area contributed by atoms with Crippen molar-refractivity contribution < 1.29 is 32.2 Å². The molecule has 0 N–H and O–H groups in total. The van der Waals surface area contributed by atoms with Crippen molar-refractivity contribution in [1.29, 1.82) is 0 Å². The number of sulfonamides is 1. The number of fused-ring (bicyclic) bond motifs is 1. The van der Waals surface area contributed by atoms with Crippen molar-refractivity contribution in [2.75, 3.05) is 51.1 Å². The van der Waals surface area contributed by atoms with E-state index in [1.165, 1.54) is 18.9 Å². The molecule has 1 amide bonds. The van der Waals surface area contributed by atoms with Crippen molar-refractivity contribution in [1.82, 2.24) is 4.90 Å². The van der Waals surface area contributed by atoms with Gasteiger partial charge in [0.15, 0.2) is 23.0 Å². The van der Waals surface area contributed by atoms with Crippen LogP contribution in [0.5, 0.6) is 23.0 Å². The van der Waals surface area contributed by atoms with E-state index in [2.05, 4.69) is 0 Å². The van der Waals surface area contributed by atoms with Gasteiger partial charge < -0.3 is 23.8 Å². The number of benzene rings is 2. The van der Waals surface area contributed by atoms with Crippen LogP contribution in [-0.4, -0.2) is 66.0 Å². The Bertz CT molecular complexity index is 1070. The van der Waals surface area contributed by atoms with Gasteiger partial charge >= 0.3 is 0 Å². The van der Waals surface area contributed by atoms with Crippen LogP contribution in [0.4, 0.5) is 5.69 Å². The fourth-order valence-corrected chi connectivity index (χ4v) is 4.33. The quantitative estimate of drug-likeness (QED) is 0.562. The van der Waals surface area contributed by atoms with E-state index in [9.17, 15) is 13.2 Å². The van der Waals surface area contributed by atoms with Crippen LogP contribution in [-0.2, 0) is 21.4 Å². The fraction of sp³-hybridized carbons (Fsp3) is 0.409. The molecule has 9 nitrogen and oxygen atoms in total. The number of ether oxygens (including phenoxy) is 4. The zero-order valence-electron chi connectivity index (χ0n) is 18.7. The summed E-state index contributed by atoms with van der Waals surface area (Å²) in [5.41, 5.74) is 1.17. The Morgan fingerprint density at radius 2 is 1.69 bits per heavy atom. The second-order valence-corrected chi connectivity index (χ2v) is 9.36. The van der Waals surface area contributed by atoms with Crippen LogP contribution in [0.15, 0.2) is 36.4 Å². The number of likely N-dealkylation sites (N-methyl/N-ethyl adjacent to an activating group) is 1. The highest BCUT2D eigenvalue weighted by Crippen LogP contribution is 2.35. The number of rotatable bonds is 9. The summed E-state index contributed by atoms with van der Waals surface area (Å²) in [4.78, 5) is 14.4. The van der Waals surface area contributed by atoms with Gasteiger partial charge in [-0.1, -0.05) is 6.07 Å². The molecule has 174 valence electrons. The van der Waals surface area contributed by atoms with E-state index in [1.54, 1.807) is 44.5 Å². The zero-order valence-corrected chi connectivity index (χ0v) is 19.5. The Morgan fingerprint density at radius 3 is 2.34 bits per heavy atom. The number of nitrogens with zero attached hydrogens (tertiary/aromatic N) is 2. The van der Waals surface area contributed by atoms with E-state index in [1.807, 2.05) is 6.07 Å². The first-order valence-electron chi connectivity index (χ1n) is 10.1. The van der Waals surface area contributed by atoms with Gasteiger partial charge in [-0.05, 0) is 36.8 Å². The van der Waals surface area contributed by atoms with Crippen LogP contribution in [0.2, 0.25) is 0 Å². The highest BCUT2D eigenvalue weighted by Gasteiger charge is 2.26. The highest BCUT2D eigenvalue weighted by atomic mass is 32.2. The average molecular weight is 465 g/mol. The lowest BCUT2D eigenvalue weighted by Crippen LogP contribution is -2.42. The summed E-state index contributed by atoms with van der Waals surface area (Å²) in [6.07, 6.45) is 0. The molecule has 10 heteroatoms. The summed E-state index contributed by atoms with van der Waals surface area (Å²) in [6, 6.07) is 10.2. The normalized spacial score (nSPS) is 12.8. The van der Waals surface area contributed by atoms with E-state index < -0.39 is 10.0 Å². The number of amides is 1. The van der Waals surface area contributed by atoms with E-state index in [0.29, 0.717) is 41.9 Å². The van der Waals surface area contributed by atoms with Crippen molar-refractivity contribution in [3.8, 4) is 23.0 Å². The molecule has 2 aromatic rings. The Morgan fingerprint density at radius 1 is 1.00 bits per heavy atom. The third-order valence-corrected chi connectivity index (χ3v) is 6.83. The molecule has 0 aliphatic carbocycles. The van der Waals surface area contributed by atoms with Gasteiger partial charge in [-0.2, -0.15) is 0 Å². The average Bonchev–Trinajstić information content (AvgIpc) is 2.81. The van der Waals surface area contributed by atoms with Crippen molar-refractivity contribution in [2.24, 2.45) is 0 Å². The van der Waals surface area contributed by atoms with E-state index >= 15 is 0 Å². The molecule has 0 bridgehead atoms. The van der Waals surface area contributed by atoms with Gasteiger partial charge in [0.1, 0.15) is 19.8 Å². The first-order valence-corrected chi connectivity index (χ1v) is 11.7. The molecule has 32 heavy (non-hydrogen) atoms. The summed E-state index contributed by atoms with van der Waals surface area (Å²) in [6.45, 7) is 2.30. The molecular weight excluding hydrogens is 436 g/mol. The maximum atomic E-state index is 13.0. The molecule has 0 radical (unpaired) electrons. The number of anilines is 1. The van der Waals surface area contributed by atoms with E-state index in [0.717, 1.165) is 9.87 Å². The van der Waals surface area contributed by atoms with Gasteiger partial charge in [0, 0.05) is 19.7 Å². The van der Waals surface area contributed by atoms with Crippen molar-refractivity contribution in [2.45, 2.75) is 13.5 Å². The molecule has 1 aliphatic heterocycles. The minimum absolute atomic E-state index is 0.145. The standard InChI is InChI=1S/C22H28N2O7S/c1-5-32(26,27)24(17-7-9-19-21(13-17)31-11-10-30-19)15-22(25)23(2)14-16-6-8-18(28-3)20(12-16)29-4/h6-9,12-13H,5,10-11,14-15H2,1-4H3. The van der Waals surface area contributed by atoms with E-state index in [4.69, 9.17) is 18.9 Å². The van der Waals surface area contributed by atoms with Gasteiger partial charge in [-0.15, -0.1) is 0 Å². The lowest BCUT2D eigenvalue weighted by atomic mass is 10.2. The zero-order chi connectivity index (χ0) is 23.3. The van der Waals surface area contributed by atoms with Gasteiger partial charge in [-0.3, -0.25) is 9.10 Å². The highest BCUT2D eigenvalue weighted by molar-refractivity contribution is 7.92. The lowest BCUT2D eigenvalue weighted by Gasteiger charge is -2.27. The predicted octanol–water partition coefficient (Wildman–Crippen LogP) is 2.29. The molecule has 2 aromatic carbocycles. The molecule has 1 aliphatic rings. The van der Waals surface area contributed by atoms with Crippen molar-refractivity contribution in [3.05, 3.63) is 42.0 Å². The minimum atomic E-state index is -3.71. The summed E-state index contributed by atoms with van der Waals surface area (Å²) in [5.74, 6) is 1.64. The number of carbonyl (C=O) groups excluding carboxylic acids is 1. The number of hydrogen-bond donors (Lipinski definition) is 0. The van der Waals surface area contributed by atoms with Crippen LogP contribution in [0.25, 0.3) is 0 Å². The molecule has 0 unspecified atom stereocenters. The number of hydrogen-bond acceptors (Lipinski definition) is 7. The van der Waals surface area contributed by atoms with Crippen LogP contribution >= 0.6 is 0 Å². The van der Waals surface area contributed by atoms with Crippen LogP contribution in [0.1, 0.15) is 12.5 Å². The maximum Gasteiger partial charge on any atom is 0.243 e. The molecule has 0 saturated carbocycles. The molecule has 0 spiro atoms. The van der Waals surface area contributed by atoms with Crippen LogP contribution in [0.3, 0.4) is 0 Å². The second kappa shape index (κ2) is 9.99. The van der Waals surface area contributed by atoms with Gasteiger partial charge in [-0.25, -0.2) is 8.42 Å². The molecule has 0 aromatic heterocycles. The summed E-state index contributed by atoms with van der Waals surface area (Å²) in [7, 11) is 1.00. The SMILES string of the molecule is CCS(=O)(=O)N(CC(=O)N(C)Cc1ccc(OC)c(OC)c1)c1ccc2c(c1)OCCO2. The van der Waals surface area contributed by atoms with Crippen molar-refractivity contribution >= 4 is 21.6 Å². The number of methoxy groups -OCH3 is 2. The van der Waals surface area contributed by atoms with Crippen LogP contribution < -0.4 is 23.3 Å². The first kappa shape index (κ1) is 23.5. The number of carbonyl (C=O) groups is 1. The van der Waals surface area contributed by atoms with Crippen LogP contribution in [0, 0.1) is 0 Å². The Labute approximate surface area is 188 Å². The minimum Gasteiger partial charge on any atom is -0.493 e. The maximum absolute atomic E-state index is 13.0. The first-order chi connectivity index (χ1) is 15.3. The molecule has 0 fully saturated rings. The van der Waals surface area contributed by atoms with Crippen molar-refractivity contribution in [3.63, 3.8) is 0 Å². The molecule has 0 atom stereocenters. The molecule has 1 heterocycles. The topological polar surface area (TPSA) is 94.6 Å². The Hall–Kier alpha value is -3.14. The summed E-state index contributed by atoms with van der Waals surface area (Å²) in [5, 5.41) is 0. The summed E-state index contributed by atoms with van der Waals surface area (Å²) >= 11 is 0. The van der Waals surface area contributed by atoms with E-state index in [-0.39, 0.29) is 24.7 Å². The van der Waals surface area contributed by atoms with Gasteiger partial charge in [0.05, 0.1) is 25.7 Å². The largest absolute Gasteiger partial charge is 0.493 e. The Kier molecular flexibility index (Phi) is 7.34. The lowest BCUT2D eigenvalue weighted by molar-refractivity contribution is -0.128. The molecule has 0 saturated heterocycles. The second-order valence-electron chi connectivity index (χ2n) is 7.17. The predicted molar refractivity (Wildman–Crippen MR) is 120 cm³/mol. The third kappa shape index (κ3) is 5.18. The fourth-order valence-electron chi connectivity index (χ4n) is 3.28. The third-order valence-electron chi connectivity index (χ3n) is 5.09. The Balaban J connectivity index is 1.80. The van der Waals surface area contributed by atoms with Gasteiger partial charge in [0.2, 0.25) is 15.9 Å². The van der Waals surface area contributed by atoms with Gasteiger partial charge in [0.25, 0.3) is 0 Å². The molecule has 3 rings (SSSR count). The molecular formula is C22H28N2O7S. The smallest absolute Gasteiger partial charge is 0.243 e. The summed E-state index contributed by atoms with van der Waals surface area (Å²) < 4.78 is 48.3.